The number of benzene rings is 1. The van der Waals surface area contributed by atoms with Crippen LogP contribution < -0.4 is 0 Å². The monoisotopic (exact) mass is 298 g/mol. The van der Waals surface area contributed by atoms with Gasteiger partial charge in [0, 0.05) is 18.5 Å². The molecule has 1 aromatic carbocycles. The maximum absolute atomic E-state index is 10.4. The van der Waals surface area contributed by atoms with Crippen molar-refractivity contribution in [1.82, 2.24) is 9.78 Å². The number of halogens is 2. The van der Waals surface area contributed by atoms with Crippen LogP contribution in [0.25, 0.3) is 0 Å². The average molecular weight is 299 g/mol. The minimum atomic E-state index is -0.647. The maximum atomic E-state index is 10.4. The number of rotatable bonds is 3. The van der Waals surface area contributed by atoms with Gasteiger partial charge < -0.3 is 5.11 Å². The van der Waals surface area contributed by atoms with E-state index in [0.717, 1.165) is 22.5 Å². The van der Waals surface area contributed by atoms with Gasteiger partial charge in [-0.1, -0.05) is 35.3 Å². The molecule has 1 heterocycles. The summed E-state index contributed by atoms with van der Waals surface area (Å²) in [5.41, 5.74) is 3.31. The Kier molecular flexibility index (Phi) is 4.19. The highest BCUT2D eigenvalue weighted by molar-refractivity contribution is 6.32. The van der Waals surface area contributed by atoms with Crippen molar-refractivity contribution in [2.24, 2.45) is 7.05 Å². The fourth-order valence-electron chi connectivity index (χ4n) is 2.18. The zero-order valence-electron chi connectivity index (χ0n) is 11.1. The van der Waals surface area contributed by atoms with Crippen LogP contribution >= 0.6 is 23.2 Å². The molecule has 0 fully saturated rings. The summed E-state index contributed by atoms with van der Waals surface area (Å²) in [5, 5.41) is 15.9. The number of hydrogen-bond acceptors (Lipinski definition) is 2. The Morgan fingerprint density at radius 1 is 1.32 bits per heavy atom. The number of aromatic nitrogens is 2. The Hall–Kier alpha value is -1.03. The fraction of sp³-hybridized carbons (Fsp3) is 0.357. The molecule has 1 atom stereocenters. The molecule has 5 heteroatoms. The normalized spacial score (nSPS) is 12.7. The third-order valence-electron chi connectivity index (χ3n) is 3.32. The molecular weight excluding hydrogens is 283 g/mol. The van der Waals surface area contributed by atoms with Crippen LogP contribution in [0.4, 0.5) is 0 Å². The van der Waals surface area contributed by atoms with Crippen LogP contribution in [0.1, 0.15) is 28.6 Å². The molecule has 19 heavy (non-hydrogen) atoms. The Labute approximate surface area is 122 Å². The van der Waals surface area contributed by atoms with Crippen molar-refractivity contribution >= 4 is 23.2 Å². The molecule has 0 spiro atoms. The first-order valence-corrected chi connectivity index (χ1v) is 6.78. The van der Waals surface area contributed by atoms with E-state index in [2.05, 4.69) is 5.10 Å². The van der Waals surface area contributed by atoms with Gasteiger partial charge in [-0.25, -0.2) is 0 Å². The Morgan fingerprint density at radius 2 is 2.00 bits per heavy atom. The van der Waals surface area contributed by atoms with E-state index in [1.54, 1.807) is 4.68 Å². The molecule has 0 radical (unpaired) electrons. The molecule has 1 aromatic heterocycles. The van der Waals surface area contributed by atoms with Crippen LogP contribution in [0.15, 0.2) is 18.2 Å². The van der Waals surface area contributed by atoms with E-state index >= 15 is 0 Å². The Morgan fingerprint density at radius 3 is 2.58 bits per heavy atom. The molecule has 102 valence electrons. The molecule has 2 rings (SSSR count). The van der Waals surface area contributed by atoms with E-state index in [4.69, 9.17) is 23.2 Å². The van der Waals surface area contributed by atoms with Gasteiger partial charge in [0.1, 0.15) is 0 Å². The average Bonchev–Trinajstić information content (AvgIpc) is 2.59. The van der Waals surface area contributed by atoms with Gasteiger partial charge in [-0.05, 0) is 31.0 Å². The van der Waals surface area contributed by atoms with E-state index in [1.165, 1.54) is 0 Å². The van der Waals surface area contributed by atoms with Crippen LogP contribution in [-0.4, -0.2) is 14.9 Å². The van der Waals surface area contributed by atoms with E-state index < -0.39 is 6.10 Å². The molecule has 0 aliphatic carbocycles. The first-order valence-electron chi connectivity index (χ1n) is 6.03. The highest BCUT2D eigenvalue weighted by atomic mass is 35.5. The smallest absolute Gasteiger partial charge is 0.0848 e. The van der Waals surface area contributed by atoms with Crippen molar-refractivity contribution in [1.29, 1.82) is 0 Å². The van der Waals surface area contributed by atoms with Crippen LogP contribution in [-0.2, 0) is 13.5 Å². The fourth-order valence-corrected chi connectivity index (χ4v) is 2.60. The summed E-state index contributed by atoms with van der Waals surface area (Å²) in [6.07, 6.45) is -0.233. The lowest BCUT2D eigenvalue weighted by Gasteiger charge is -2.15. The van der Waals surface area contributed by atoms with Gasteiger partial charge in [0.2, 0.25) is 0 Å². The van der Waals surface area contributed by atoms with Crippen molar-refractivity contribution in [3.8, 4) is 0 Å². The first-order chi connectivity index (χ1) is 8.91. The molecular formula is C14H16Cl2N2O. The zero-order valence-corrected chi connectivity index (χ0v) is 12.6. The lowest BCUT2D eigenvalue weighted by molar-refractivity contribution is 0.175. The van der Waals surface area contributed by atoms with Gasteiger partial charge >= 0.3 is 0 Å². The number of aryl methyl sites for hydroxylation is 2. The number of aliphatic hydroxyl groups excluding tert-OH is 1. The maximum Gasteiger partial charge on any atom is 0.0848 e. The Balaban J connectivity index is 2.31. The second-order valence-electron chi connectivity index (χ2n) is 4.64. The summed E-state index contributed by atoms with van der Waals surface area (Å²) in [5.74, 6) is 0. The zero-order chi connectivity index (χ0) is 14.2. The summed E-state index contributed by atoms with van der Waals surface area (Å²) in [7, 11) is 1.83. The second kappa shape index (κ2) is 5.53. The van der Waals surface area contributed by atoms with Crippen molar-refractivity contribution in [2.75, 3.05) is 0 Å². The molecule has 0 saturated heterocycles. The number of aliphatic hydroxyl groups is 1. The van der Waals surface area contributed by atoms with Crippen LogP contribution in [0, 0.1) is 13.8 Å². The molecule has 0 bridgehead atoms. The van der Waals surface area contributed by atoms with Crippen LogP contribution in [0.5, 0.6) is 0 Å². The lowest BCUT2D eigenvalue weighted by atomic mass is 10.00. The predicted molar refractivity (Wildman–Crippen MR) is 77.8 cm³/mol. The SMILES string of the molecule is Cc1nn(C)c(CC(O)c2cccc(Cl)c2C)c1Cl. The molecule has 0 saturated carbocycles. The summed E-state index contributed by atoms with van der Waals surface area (Å²) in [4.78, 5) is 0. The van der Waals surface area contributed by atoms with Crippen LogP contribution in [0.2, 0.25) is 10.0 Å². The van der Waals surface area contributed by atoms with E-state index in [0.29, 0.717) is 16.5 Å². The van der Waals surface area contributed by atoms with Gasteiger partial charge in [0.05, 0.1) is 22.5 Å². The van der Waals surface area contributed by atoms with E-state index in [9.17, 15) is 5.11 Å². The second-order valence-corrected chi connectivity index (χ2v) is 5.43. The highest BCUT2D eigenvalue weighted by Crippen LogP contribution is 2.29. The highest BCUT2D eigenvalue weighted by Gasteiger charge is 2.18. The lowest BCUT2D eigenvalue weighted by Crippen LogP contribution is -2.08. The molecule has 2 aromatic rings. The molecule has 1 N–H and O–H groups in total. The standard InChI is InChI=1S/C14H16Cl2N2O/c1-8-10(5-4-6-11(8)15)13(19)7-12-14(16)9(2)17-18(12)3/h4-6,13,19H,7H2,1-3H3. The quantitative estimate of drug-likeness (QED) is 0.940. The summed E-state index contributed by atoms with van der Waals surface area (Å²) in [6, 6.07) is 5.53. The van der Waals surface area contributed by atoms with Crippen molar-refractivity contribution in [2.45, 2.75) is 26.4 Å². The topological polar surface area (TPSA) is 38.0 Å². The summed E-state index contributed by atoms with van der Waals surface area (Å²) in [6.45, 7) is 3.75. The summed E-state index contributed by atoms with van der Waals surface area (Å²) < 4.78 is 1.71. The molecule has 0 aliphatic heterocycles. The van der Waals surface area contributed by atoms with Crippen LogP contribution in [0.3, 0.4) is 0 Å². The molecule has 0 amide bonds. The number of hydrogen-bond donors (Lipinski definition) is 1. The van der Waals surface area contributed by atoms with Gasteiger partial charge in [-0.15, -0.1) is 0 Å². The summed E-state index contributed by atoms with van der Waals surface area (Å²) >= 11 is 12.3. The van der Waals surface area contributed by atoms with Gasteiger partial charge in [0.25, 0.3) is 0 Å². The van der Waals surface area contributed by atoms with Gasteiger partial charge in [-0.3, -0.25) is 4.68 Å². The third kappa shape index (κ3) is 2.78. The van der Waals surface area contributed by atoms with E-state index in [-0.39, 0.29) is 0 Å². The third-order valence-corrected chi connectivity index (χ3v) is 4.22. The largest absolute Gasteiger partial charge is 0.388 e. The first kappa shape index (κ1) is 14.4. The van der Waals surface area contributed by atoms with Crippen molar-refractivity contribution in [3.05, 3.63) is 50.8 Å². The number of nitrogens with zero attached hydrogens (tertiary/aromatic N) is 2. The molecule has 0 aliphatic rings. The molecule has 1 unspecified atom stereocenters. The predicted octanol–water partition coefficient (Wildman–Crippen LogP) is 3.62. The Bertz CT molecular complexity index is 608. The van der Waals surface area contributed by atoms with Gasteiger partial charge in [-0.2, -0.15) is 5.10 Å². The minimum Gasteiger partial charge on any atom is -0.388 e. The minimum absolute atomic E-state index is 0.414. The van der Waals surface area contributed by atoms with Gasteiger partial charge in [0.15, 0.2) is 0 Å². The van der Waals surface area contributed by atoms with Crippen molar-refractivity contribution < 1.29 is 5.11 Å². The van der Waals surface area contributed by atoms with E-state index in [1.807, 2.05) is 39.1 Å². The molecule has 3 nitrogen and oxygen atoms in total. The van der Waals surface area contributed by atoms with Crippen molar-refractivity contribution in [3.63, 3.8) is 0 Å².